The van der Waals surface area contributed by atoms with Gasteiger partial charge < -0.3 is 20.7 Å². The number of alkyl carbamates (subject to hydrolysis) is 1. The van der Waals surface area contributed by atoms with Crippen molar-refractivity contribution in [3.63, 3.8) is 0 Å². The predicted molar refractivity (Wildman–Crippen MR) is 119 cm³/mol. The highest BCUT2D eigenvalue weighted by Gasteiger charge is 2.16. The maximum atomic E-state index is 12.2. The molecule has 2 rings (SSSR count). The number of hydrogen-bond donors (Lipinski definition) is 3. The van der Waals surface area contributed by atoms with Crippen molar-refractivity contribution in [1.82, 2.24) is 10.6 Å². The van der Waals surface area contributed by atoms with Crippen LogP contribution >= 0.6 is 15.9 Å². The second kappa shape index (κ2) is 10.8. The summed E-state index contributed by atoms with van der Waals surface area (Å²) in [5.74, 6) is -0.416. The minimum atomic E-state index is -0.584. The van der Waals surface area contributed by atoms with Crippen molar-refractivity contribution in [3.8, 4) is 0 Å². The van der Waals surface area contributed by atoms with E-state index in [2.05, 4.69) is 31.9 Å². The Morgan fingerprint density at radius 2 is 1.73 bits per heavy atom. The van der Waals surface area contributed by atoms with Crippen LogP contribution in [-0.4, -0.2) is 30.1 Å². The molecule has 0 radical (unpaired) electrons. The van der Waals surface area contributed by atoms with E-state index in [9.17, 15) is 14.4 Å². The maximum Gasteiger partial charge on any atom is 0.407 e. The summed E-state index contributed by atoms with van der Waals surface area (Å²) in [6.45, 7) is 5.81. The molecule has 0 unspecified atom stereocenters. The van der Waals surface area contributed by atoms with Gasteiger partial charge in [0.05, 0.1) is 0 Å². The summed E-state index contributed by atoms with van der Waals surface area (Å²) in [5, 5.41) is 8.18. The number of hydrogen-bond acceptors (Lipinski definition) is 4. The second-order valence-electron chi connectivity index (χ2n) is 7.62. The van der Waals surface area contributed by atoms with Crippen LogP contribution in [0.1, 0.15) is 43.1 Å². The van der Waals surface area contributed by atoms with Crippen molar-refractivity contribution < 1.29 is 19.1 Å². The molecule has 3 N–H and O–H groups in total. The number of rotatable bonds is 7. The fourth-order valence-electron chi connectivity index (χ4n) is 2.49. The molecular weight excluding hydrogens is 450 g/mol. The molecule has 8 heteroatoms. The van der Waals surface area contributed by atoms with E-state index in [1.54, 1.807) is 57.2 Å². The van der Waals surface area contributed by atoms with Gasteiger partial charge in [0.25, 0.3) is 5.91 Å². The Labute approximate surface area is 184 Å². The molecule has 0 aliphatic carbocycles. The van der Waals surface area contributed by atoms with Crippen molar-refractivity contribution in [2.24, 2.45) is 0 Å². The molecule has 30 heavy (non-hydrogen) atoms. The largest absolute Gasteiger partial charge is 0.444 e. The van der Waals surface area contributed by atoms with Gasteiger partial charge in [-0.15, -0.1) is 0 Å². The monoisotopic (exact) mass is 475 g/mol. The molecule has 160 valence electrons. The van der Waals surface area contributed by atoms with Crippen molar-refractivity contribution in [1.29, 1.82) is 0 Å². The Morgan fingerprint density at radius 1 is 1.00 bits per heavy atom. The van der Waals surface area contributed by atoms with Gasteiger partial charge in [-0.05, 0) is 56.7 Å². The number of halogens is 1. The number of carbonyl (C=O) groups excluding carboxylic acids is 3. The quantitative estimate of drug-likeness (QED) is 0.557. The zero-order chi connectivity index (χ0) is 22.1. The van der Waals surface area contributed by atoms with Gasteiger partial charge in [0, 0.05) is 35.2 Å². The molecule has 0 aliphatic rings. The van der Waals surface area contributed by atoms with Gasteiger partial charge >= 0.3 is 6.09 Å². The lowest BCUT2D eigenvalue weighted by Crippen LogP contribution is -2.34. The summed E-state index contributed by atoms with van der Waals surface area (Å²) in [6, 6.07) is 14.4. The molecule has 0 saturated carbocycles. The first-order valence-corrected chi connectivity index (χ1v) is 10.3. The van der Waals surface area contributed by atoms with E-state index in [-0.39, 0.29) is 24.8 Å². The number of amides is 3. The number of ether oxygens (including phenoxy) is 1. The predicted octanol–water partition coefficient (Wildman–Crippen LogP) is 4.23. The van der Waals surface area contributed by atoms with Crippen LogP contribution in [0.4, 0.5) is 10.5 Å². The maximum absolute atomic E-state index is 12.2. The van der Waals surface area contributed by atoms with E-state index in [0.29, 0.717) is 17.8 Å². The highest BCUT2D eigenvalue weighted by Crippen LogP contribution is 2.13. The average Bonchev–Trinajstić information content (AvgIpc) is 2.65. The number of anilines is 1. The third-order valence-corrected chi connectivity index (χ3v) is 4.26. The molecule has 7 nitrogen and oxygen atoms in total. The third-order valence-electron chi connectivity index (χ3n) is 3.77. The molecule has 2 aromatic carbocycles. The van der Waals surface area contributed by atoms with Crippen molar-refractivity contribution in [2.75, 3.05) is 11.9 Å². The summed E-state index contributed by atoms with van der Waals surface area (Å²) >= 11 is 3.35. The number of carbonyl (C=O) groups is 3. The molecular formula is C22H26BrN3O4. The lowest BCUT2D eigenvalue weighted by Gasteiger charge is -2.19. The van der Waals surface area contributed by atoms with Crippen molar-refractivity contribution >= 4 is 39.5 Å². The fraction of sp³-hybridized carbons (Fsp3) is 0.318. The fourth-order valence-corrected chi connectivity index (χ4v) is 2.89. The van der Waals surface area contributed by atoms with E-state index in [4.69, 9.17) is 4.74 Å². The minimum Gasteiger partial charge on any atom is -0.444 e. The van der Waals surface area contributed by atoms with Crippen LogP contribution in [0.3, 0.4) is 0 Å². The van der Waals surface area contributed by atoms with Gasteiger partial charge in [0.15, 0.2) is 0 Å². The third kappa shape index (κ3) is 8.65. The van der Waals surface area contributed by atoms with Crippen molar-refractivity contribution in [3.05, 3.63) is 64.1 Å². The van der Waals surface area contributed by atoms with Gasteiger partial charge in [-0.1, -0.05) is 34.1 Å². The average molecular weight is 476 g/mol. The Hall–Kier alpha value is -2.87. The number of benzene rings is 2. The summed E-state index contributed by atoms with van der Waals surface area (Å²) < 4.78 is 5.95. The van der Waals surface area contributed by atoms with Crippen LogP contribution in [0.5, 0.6) is 0 Å². The molecule has 3 amide bonds. The Morgan fingerprint density at radius 3 is 2.43 bits per heavy atom. The standard InChI is InChI=1S/C22H26BrN3O4/c1-22(2,3)30-21(29)24-11-10-19(27)26-18-9-4-6-15(12-18)14-25-20(28)16-7-5-8-17(23)13-16/h4-9,12-13H,10-11,14H2,1-3H3,(H,24,29)(H,25,28)(H,26,27). The molecule has 0 heterocycles. The summed E-state index contributed by atoms with van der Waals surface area (Å²) in [4.78, 5) is 35.9. The summed E-state index contributed by atoms with van der Waals surface area (Å²) in [6.07, 6.45) is -0.443. The molecule has 0 aliphatic heterocycles. The minimum absolute atomic E-state index is 0.114. The molecule has 0 aromatic heterocycles. The van der Waals surface area contributed by atoms with Crippen molar-refractivity contribution in [2.45, 2.75) is 39.3 Å². The SMILES string of the molecule is CC(C)(C)OC(=O)NCCC(=O)Nc1cccc(CNC(=O)c2cccc(Br)c2)c1. The normalized spacial score (nSPS) is 10.8. The first kappa shape index (κ1) is 23.4. The van der Waals surface area contributed by atoms with E-state index < -0.39 is 11.7 Å². The molecule has 0 spiro atoms. The zero-order valence-electron chi connectivity index (χ0n) is 17.3. The van der Waals surface area contributed by atoms with Crippen LogP contribution in [0.25, 0.3) is 0 Å². The van der Waals surface area contributed by atoms with E-state index in [1.807, 2.05) is 12.1 Å². The van der Waals surface area contributed by atoms with Gasteiger partial charge in [-0.3, -0.25) is 9.59 Å². The van der Waals surface area contributed by atoms with Crippen LogP contribution in [-0.2, 0) is 16.1 Å². The van der Waals surface area contributed by atoms with Crippen LogP contribution in [0.2, 0.25) is 0 Å². The van der Waals surface area contributed by atoms with Gasteiger partial charge in [-0.25, -0.2) is 4.79 Å². The molecule has 0 atom stereocenters. The summed E-state index contributed by atoms with van der Waals surface area (Å²) in [7, 11) is 0. The van der Waals surface area contributed by atoms with E-state index in [1.165, 1.54) is 0 Å². The molecule has 2 aromatic rings. The molecule has 0 fully saturated rings. The van der Waals surface area contributed by atoms with Gasteiger partial charge in [0.2, 0.25) is 5.91 Å². The highest BCUT2D eigenvalue weighted by molar-refractivity contribution is 9.10. The van der Waals surface area contributed by atoms with Gasteiger partial charge in [0.1, 0.15) is 5.60 Å². The first-order valence-electron chi connectivity index (χ1n) is 9.52. The zero-order valence-corrected chi connectivity index (χ0v) is 18.8. The second-order valence-corrected chi connectivity index (χ2v) is 8.54. The lowest BCUT2D eigenvalue weighted by atomic mass is 10.1. The van der Waals surface area contributed by atoms with E-state index in [0.717, 1.165) is 10.0 Å². The summed E-state index contributed by atoms with van der Waals surface area (Å²) in [5.41, 5.74) is 1.44. The Bertz CT molecular complexity index is 909. The first-order chi connectivity index (χ1) is 14.1. The van der Waals surface area contributed by atoms with Crippen LogP contribution in [0, 0.1) is 0 Å². The van der Waals surface area contributed by atoms with Gasteiger partial charge in [-0.2, -0.15) is 0 Å². The Balaban J connectivity index is 1.80. The van der Waals surface area contributed by atoms with Crippen LogP contribution < -0.4 is 16.0 Å². The highest BCUT2D eigenvalue weighted by atomic mass is 79.9. The van der Waals surface area contributed by atoms with Crippen LogP contribution in [0.15, 0.2) is 53.0 Å². The Kier molecular flexibility index (Phi) is 8.41. The molecule has 0 saturated heterocycles. The topological polar surface area (TPSA) is 96.5 Å². The number of nitrogens with one attached hydrogen (secondary N) is 3. The van der Waals surface area contributed by atoms with E-state index >= 15 is 0 Å². The smallest absolute Gasteiger partial charge is 0.407 e. The lowest BCUT2D eigenvalue weighted by molar-refractivity contribution is -0.116. The molecule has 0 bridgehead atoms.